The molecule has 0 atom stereocenters. The molecular formula is C18H20N4O4. The minimum atomic E-state index is -0.602. The van der Waals surface area contributed by atoms with Gasteiger partial charge in [0.25, 0.3) is 11.2 Å². The normalized spacial score (nSPS) is 13.7. The summed E-state index contributed by atoms with van der Waals surface area (Å²) in [5, 5.41) is 13.6. The Morgan fingerprint density at radius 2 is 1.96 bits per heavy atom. The molecule has 8 heteroatoms. The average Bonchev–Trinajstić information content (AvgIpc) is 3.13. The van der Waals surface area contributed by atoms with Crippen LogP contribution in [-0.2, 0) is 11.3 Å². The van der Waals surface area contributed by atoms with Crippen LogP contribution in [-0.4, -0.2) is 28.5 Å². The topological polar surface area (TPSA) is 97.5 Å². The molecule has 1 aliphatic heterocycles. The molecule has 136 valence electrons. The van der Waals surface area contributed by atoms with Gasteiger partial charge in [-0.2, -0.15) is 0 Å². The Balaban J connectivity index is 1.71. The largest absolute Gasteiger partial charge is 0.372 e. The van der Waals surface area contributed by atoms with Gasteiger partial charge < -0.3 is 10.2 Å². The van der Waals surface area contributed by atoms with Crippen LogP contribution >= 0.6 is 0 Å². The first-order chi connectivity index (χ1) is 12.4. The zero-order valence-electron chi connectivity index (χ0n) is 14.5. The molecular weight excluding hydrogens is 336 g/mol. The van der Waals surface area contributed by atoms with Crippen LogP contribution in [0.15, 0.2) is 41.3 Å². The number of amides is 1. The number of pyridine rings is 1. The molecule has 1 aliphatic rings. The Morgan fingerprint density at radius 3 is 2.62 bits per heavy atom. The lowest BCUT2D eigenvalue weighted by Crippen LogP contribution is -2.27. The fraction of sp³-hybridized carbons (Fsp3) is 0.333. The summed E-state index contributed by atoms with van der Waals surface area (Å²) in [6.45, 7) is 3.71. The van der Waals surface area contributed by atoms with Gasteiger partial charge in [0.05, 0.1) is 11.1 Å². The minimum Gasteiger partial charge on any atom is -0.372 e. The van der Waals surface area contributed by atoms with Gasteiger partial charge in [0.15, 0.2) is 0 Å². The van der Waals surface area contributed by atoms with E-state index in [4.69, 9.17) is 0 Å². The van der Waals surface area contributed by atoms with E-state index in [1.165, 1.54) is 12.8 Å². The lowest BCUT2D eigenvalue weighted by molar-refractivity contribution is -0.385. The fourth-order valence-corrected chi connectivity index (χ4v) is 3.05. The molecule has 1 aromatic heterocycles. The van der Waals surface area contributed by atoms with Crippen LogP contribution in [0.4, 0.5) is 17.1 Å². The van der Waals surface area contributed by atoms with Gasteiger partial charge in [-0.1, -0.05) is 0 Å². The Labute approximate surface area is 150 Å². The lowest BCUT2D eigenvalue weighted by atomic mass is 10.1. The first-order valence-electron chi connectivity index (χ1n) is 8.44. The third-order valence-corrected chi connectivity index (χ3v) is 4.45. The van der Waals surface area contributed by atoms with Gasteiger partial charge in [0.1, 0.15) is 6.54 Å². The molecule has 2 heterocycles. The van der Waals surface area contributed by atoms with E-state index < -0.39 is 16.4 Å². The molecule has 1 saturated heterocycles. The number of benzene rings is 1. The Kier molecular flexibility index (Phi) is 5.01. The van der Waals surface area contributed by atoms with Crippen LogP contribution < -0.4 is 15.8 Å². The van der Waals surface area contributed by atoms with Crippen molar-refractivity contribution in [3.05, 3.63) is 62.6 Å². The number of nitro groups is 1. The monoisotopic (exact) mass is 356 g/mol. The number of carbonyl (C=O) groups is 1. The van der Waals surface area contributed by atoms with Gasteiger partial charge in [-0.3, -0.25) is 24.3 Å². The second-order valence-corrected chi connectivity index (χ2v) is 6.35. The van der Waals surface area contributed by atoms with Crippen molar-refractivity contribution >= 4 is 23.0 Å². The van der Waals surface area contributed by atoms with Gasteiger partial charge >= 0.3 is 0 Å². The summed E-state index contributed by atoms with van der Waals surface area (Å²) in [5.74, 6) is -0.412. The summed E-state index contributed by atoms with van der Waals surface area (Å²) < 4.78 is 1.03. The smallest absolute Gasteiger partial charge is 0.285 e. The van der Waals surface area contributed by atoms with E-state index in [1.807, 2.05) is 25.1 Å². The summed E-state index contributed by atoms with van der Waals surface area (Å²) in [6.07, 6.45) is 3.45. The molecule has 1 aromatic carbocycles. The predicted molar refractivity (Wildman–Crippen MR) is 98.6 cm³/mol. The first kappa shape index (κ1) is 17.7. The van der Waals surface area contributed by atoms with Crippen molar-refractivity contribution in [2.24, 2.45) is 0 Å². The molecule has 3 rings (SSSR count). The van der Waals surface area contributed by atoms with E-state index in [-0.39, 0.29) is 12.2 Å². The van der Waals surface area contributed by atoms with Gasteiger partial charge in [0.2, 0.25) is 5.91 Å². The average molecular weight is 356 g/mol. The summed E-state index contributed by atoms with van der Waals surface area (Å²) in [5.41, 5.74) is 2.02. The van der Waals surface area contributed by atoms with E-state index in [0.29, 0.717) is 5.69 Å². The number of rotatable bonds is 5. The molecule has 0 spiro atoms. The van der Waals surface area contributed by atoms with E-state index >= 15 is 0 Å². The van der Waals surface area contributed by atoms with Crippen molar-refractivity contribution in [1.29, 1.82) is 0 Å². The molecule has 1 amide bonds. The summed E-state index contributed by atoms with van der Waals surface area (Å²) in [4.78, 5) is 36.6. The van der Waals surface area contributed by atoms with Crippen LogP contribution in [0.25, 0.3) is 0 Å². The maximum absolute atomic E-state index is 12.3. The van der Waals surface area contributed by atoms with E-state index in [0.717, 1.165) is 47.2 Å². The Hall–Kier alpha value is -3.16. The number of aromatic nitrogens is 1. The zero-order valence-corrected chi connectivity index (χ0v) is 14.5. The molecule has 8 nitrogen and oxygen atoms in total. The van der Waals surface area contributed by atoms with E-state index in [2.05, 4.69) is 10.2 Å². The molecule has 0 bridgehead atoms. The molecule has 2 aromatic rings. The van der Waals surface area contributed by atoms with Gasteiger partial charge in [0, 0.05) is 36.6 Å². The SMILES string of the molecule is Cc1cc(N2CCCC2)ccc1NC(=O)Cn1cc([N+](=O)[O-])ccc1=O. The van der Waals surface area contributed by atoms with Crippen LogP contribution in [0.3, 0.4) is 0 Å². The number of nitrogens with zero attached hydrogens (tertiary/aromatic N) is 3. The van der Waals surface area contributed by atoms with Crippen molar-refractivity contribution in [1.82, 2.24) is 4.57 Å². The van der Waals surface area contributed by atoms with E-state index in [9.17, 15) is 19.7 Å². The highest BCUT2D eigenvalue weighted by atomic mass is 16.6. The van der Waals surface area contributed by atoms with Gasteiger partial charge in [-0.05, 0) is 43.5 Å². The molecule has 0 radical (unpaired) electrons. The van der Waals surface area contributed by atoms with Crippen LogP contribution in [0.2, 0.25) is 0 Å². The molecule has 0 aliphatic carbocycles. The maximum Gasteiger partial charge on any atom is 0.285 e. The summed E-state index contributed by atoms with van der Waals surface area (Å²) in [6, 6.07) is 8.05. The molecule has 1 fully saturated rings. The second kappa shape index (κ2) is 7.38. The number of anilines is 2. The third-order valence-electron chi connectivity index (χ3n) is 4.45. The van der Waals surface area contributed by atoms with Crippen molar-refractivity contribution in [2.45, 2.75) is 26.3 Å². The number of hydrogen-bond acceptors (Lipinski definition) is 5. The molecule has 26 heavy (non-hydrogen) atoms. The van der Waals surface area contributed by atoms with Crippen LogP contribution in [0, 0.1) is 17.0 Å². The van der Waals surface area contributed by atoms with Gasteiger partial charge in [-0.25, -0.2) is 0 Å². The van der Waals surface area contributed by atoms with Crippen molar-refractivity contribution in [3.8, 4) is 0 Å². The Morgan fingerprint density at radius 1 is 1.23 bits per heavy atom. The number of nitrogens with one attached hydrogen (secondary N) is 1. The van der Waals surface area contributed by atoms with Crippen molar-refractivity contribution in [2.75, 3.05) is 23.3 Å². The van der Waals surface area contributed by atoms with E-state index in [1.54, 1.807) is 0 Å². The fourth-order valence-electron chi connectivity index (χ4n) is 3.05. The number of aryl methyl sites for hydroxylation is 1. The molecule has 0 saturated carbocycles. The van der Waals surface area contributed by atoms with Crippen LogP contribution in [0.1, 0.15) is 18.4 Å². The second-order valence-electron chi connectivity index (χ2n) is 6.35. The highest BCUT2D eigenvalue weighted by molar-refractivity contribution is 5.91. The lowest BCUT2D eigenvalue weighted by Gasteiger charge is -2.19. The highest BCUT2D eigenvalue weighted by Crippen LogP contribution is 2.25. The first-order valence-corrected chi connectivity index (χ1v) is 8.44. The predicted octanol–water partition coefficient (Wildman–Crippen LogP) is 2.30. The van der Waals surface area contributed by atoms with Crippen molar-refractivity contribution < 1.29 is 9.72 Å². The maximum atomic E-state index is 12.3. The Bertz CT molecular complexity index is 900. The summed E-state index contributed by atoms with van der Waals surface area (Å²) in [7, 11) is 0. The highest BCUT2D eigenvalue weighted by Gasteiger charge is 2.14. The van der Waals surface area contributed by atoms with Gasteiger partial charge in [-0.15, -0.1) is 0 Å². The van der Waals surface area contributed by atoms with Crippen LogP contribution in [0.5, 0.6) is 0 Å². The standard InChI is InChI=1S/C18H20N4O4/c1-13-10-14(20-8-2-3-9-20)4-6-16(13)19-17(23)12-21-11-15(22(25)26)5-7-18(21)24/h4-7,10-11H,2-3,8-9,12H2,1H3,(H,19,23). The quantitative estimate of drug-likeness (QED) is 0.655. The summed E-state index contributed by atoms with van der Waals surface area (Å²) >= 11 is 0. The number of hydrogen-bond donors (Lipinski definition) is 1. The number of carbonyl (C=O) groups excluding carboxylic acids is 1. The third kappa shape index (κ3) is 3.90. The van der Waals surface area contributed by atoms with Crippen molar-refractivity contribution in [3.63, 3.8) is 0 Å². The zero-order chi connectivity index (χ0) is 18.7. The molecule has 0 unspecified atom stereocenters. The minimum absolute atomic E-state index is 0.233. The molecule has 1 N–H and O–H groups in total.